The van der Waals surface area contributed by atoms with Gasteiger partial charge in [0.25, 0.3) is 0 Å². The number of aromatic nitrogens is 1. The molecular formula is C17H24N2. The fourth-order valence-corrected chi connectivity index (χ4v) is 2.40. The second-order valence-electron chi connectivity index (χ2n) is 5.85. The molecule has 0 amide bonds. The molecule has 2 rings (SSSR count). The van der Waals surface area contributed by atoms with E-state index in [4.69, 9.17) is 0 Å². The molecule has 0 aliphatic carbocycles. The Labute approximate surface area is 116 Å². The van der Waals surface area contributed by atoms with Gasteiger partial charge in [-0.2, -0.15) is 0 Å². The quantitative estimate of drug-likeness (QED) is 0.853. The van der Waals surface area contributed by atoms with E-state index >= 15 is 0 Å². The van der Waals surface area contributed by atoms with Gasteiger partial charge in [-0.15, -0.1) is 0 Å². The number of hydrogen-bond donors (Lipinski definition) is 1. The molecule has 0 spiro atoms. The Morgan fingerprint density at radius 3 is 2.63 bits per heavy atom. The van der Waals surface area contributed by atoms with Gasteiger partial charge in [-0.25, -0.2) is 0 Å². The SMILES string of the molecule is CC(C)CNCC(C)Cc1cccc2cccnc12. The van der Waals surface area contributed by atoms with Crippen LogP contribution in [0.2, 0.25) is 0 Å². The van der Waals surface area contributed by atoms with Crippen molar-refractivity contribution < 1.29 is 0 Å². The van der Waals surface area contributed by atoms with Gasteiger partial charge in [0.15, 0.2) is 0 Å². The summed E-state index contributed by atoms with van der Waals surface area (Å²) in [5.41, 5.74) is 2.51. The molecule has 102 valence electrons. The number of rotatable bonds is 6. The summed E-state index contributed by atoms with van der Waals surface area (Å²) in [6, 6.07) is 10.6. The molecule has 2 nitrogen and oxygen atoms in total. The number of nitrogens with zero attached hydrogens (tertiary/aromatic N) is 1. The first-order valence-corrected chi connectivity index (χ1v) is 7.20. The maximum absolute atomic E-state index is 4.52. The molecule has 0 bridgehead atoms. The Morgan fingerprint density at radius 1 is 1.05 bits per heavy atom. The predicted molar refractivity (Wildman–Crippen MR) is 82.3 cm³/mol. The number of para-hydroxylation sites is 1. The fourth-order valence-electron chi connectivity index (χ4n) is 2.40. The number of pyridine rings is 1. The van der Waals surface area contributed by atoms with Crippen LogP contribution in [0.15, 0.2) is 36.5 Å². The van der Waals surface area contributed by atoms with Crippen molar-refractivity contribution in [1.29, 1.82) is 0 Å². The molecule has 2 aromatic rings. The van der Waals surface area contributed by atoms with Crippen molar-refractivity contribution in [2.24, 2.45) is 11.8 Å². The summed E-state index contributed by atoms with van der Waals surface area (Å²) in [5.74, 6) is 1.35. The first-order valence-electron chi connectivity index (χ1n) is 7.20. The second-order valence-corrected chi connectivity index (χ2v) is 5.85. The van der Waals surface area contributed by atoms with Gasteiger partial charge in [0.2, 0.25) is 0 Å². The van der Waals surface area contributed by atoms with E-state index < -0.39 is 0 Å². The Bertz CT molecular complexity index is 514. The van der Waals surface area contributed by atoms with E-state index in [9.17, 15) is 0 Å². The molecule has 1 heterocycles. The van der Waals surface area contributed by atoms with Crippen molar-refractivity contribution in [2.45, 2.75) is 27.2 Å². The van der Waals surface area contributed by atoms with Crippen molar-refractivity contribution in [1.82, 2.24) is 10.3 Å². The molecule has 1 N–H and O–H groups in total. The first-order chi connectivity index (χ1) is 9.16. The first kappa shape index (κ1) is 14.0. The minimum absolute atomic E-state index is 0.631. The van der Waals surface area contributed by atoms with Crippen molar-refractivity contribution in [3.05, 3.63) is 42.1 Å². The third-order valence-corrected chi connectivity index (χ3v) is 3.33. The molecule has 1 aromatic heterocycles. The van der Waals surface area contributed by atoms with Gasteiger partial charge in [0, 0.05) is 11.6 Å². The zero-order valence-electron chi connectivity index (χ0n) is 12.2. The van der Waals surface area contributed by atoms with Gasteiger partial charge < -0.3 is 5.32 Å². The minimum Gasteiger partial charge on any atom is -0.316 e. The molecule has 0 radical (unpaired) electrons. The van der Waals surface area contributed by atoms with Crippen molar-refractivity contribution >= 4 is 10.9 Å². The highest BCUT2D eigenvalue weighted by Crippen LogP contribution is 2.18. The van der Waals surface area contributed by atoms with Crippen molar-refractivity contribution in [2.75, 3.05) is 13.1 Å². The summed E-state index contributed by atoms with van der Waals surface area (Å²) in [6.07, 6.45) is 2.97. The summed E-state index contributed by atoms with van der Waals surface area (Å²) in [5, 5.41) is 4.77. The standard InChI is InChI=1S/C17H24N2/c1-13(2)11-18-12-14(3)10-16-7-4-6-15-8-5-9-19-17(15)16/h4-9,13-14,18H,10-12H2,1-3H3. The zero-order chi connectivity index (χ0) is 13.7. The van der Waals surface area contributed by atoms with Crippen LogP contribution in [0, 0.1) is 11.8 Å². The molecule has 0 saturated carbocycles. The van der Waals surface area contributed by atoms with Crippen LogP contribution in [0.25, 0.3) is 10.9 Å². The van der Waals surface area contributed by atoms with E-state index in [1.807, 2.05) is 12.3 Å². The molecule has 1 unspecified atom stereocenters. The molecule has 19 heavy (non-hydrogen) atoms. The Kier molecular flexibility index (Phi) is 4.92. The fraction of sp³-hybridized carbons (Fsp3) is 0.471. The Morgan fingerprint density at radius 2 is 1.84 bits per heavy atom. The van der Waals surface area contributed by atoms with Gasteiger partial charge in [0.1, 0.15) is 0 Å². The molecule has 0 aliphatic rings. The lowest BCUT2D eigenvalue weighted by atomic mass is 9.98. The third kappa shape index (κ3) is 4.03. The van der Waals surface area contributed by atoms with Crippen LogP contribution in [0.3, 0.4) is 0 Å². The van der Waals surface area contributed by atoms with Crippen LogP contribution in [0.1, 0.15) is 26.3 Å². The van der Waals surface area contributed by atoms with Crippen LogP contribution >= 0.6 is 0 Å². The van der Waals surface area contributed by atoms with Crippen LogP contribution in [0.4, 0.5) is 0 Å². The van der Waals surface area contributed by atoms with Crippen LogP contribution < -0.4 is 5.32 Å². The van der Waals surface area contributed by atoms with Crippen LogP contribution in [-0.2, 0) is 6.42 Å². The number of benzene rings is 1. The molecule has 2 heteroatoms. The van der Waals surface area contributed by atoms with Crippen LogP contribution in [-0.4, -0.2) is 18.1 Å². The highest BCUT2D eigenvalue weighted by molar-refractivity contribution is 5.81. The number of nitrogens with one attached hydrogen (secondary N) is 1. The lowest BCUT2D eigenvalue weighted by molar-refractivity contribution is 0.474. The summed E-state index contributed by atoms with van der Waals surface area (Å²) in [7, 11) is 0. The van der Waals surface area contributed by atoms with Gasteiger partial charge in [0.05, 0.1) is 5.52 Å². The van der Waals surface area contributed by atoms with E-state index in [2.05, 4.69) is 55.3 Å². The molecular weight excluding hydrogens is 232 g/mol. The maximum Gasteiger partial charge on any atom is 0.0733 e. The monoisotopic (exact) mass is 256 g/mol. The van der Waals surface area contributed by atoms with E-state index in [0.717, 1.165) is 25.0 Å². The van der Waals surface area contributed by atoms with Crippen molar-refractivity contribution in [3.8, 4) is 0 Å². The third-order valence-electron chi connectivity index (χ3n) is 3.33. The molecule has 1 aromatic carbocycles. The average Bonchev–Trinajstić information content (AvgIpc) is 2.39. The number of fused-ring (bicyclic) bond motifs is 1. The zero-order valence-corrected chi connectivity index (χ0v) is 12.2. The molecule has 0 fully saturated rings. The summed E-state index contributed by atoms with van der Waals surface area (Å²) in [4.78, 5) is 4.52. The average molecular weight is 256 g/mol. The highest BCUT2D eigenvalue weighted by atomic mass is 14.9. The number of hydrogen-bond acceptors (Lipinski definition) is 2. The highest BCUT2D eigenvalue weighted by Gasteiger charge is 2.07. The minimum atomic E-state index is 0.631. The van der Waals surface area contributed by atoms with Gasteiger partial charge in [-0.3, -0.25) is 4.98 Å². The molecule has 0 saturated heterocycles. The largest absolute Gasteiger partial charge is 0.316 e. The van der Waals surface area contributed by atoms with Crippen molar-refractivity contribution in [3.63, 3.8) is 0 Å². The van der Waals surface area contributed by atoms with Gasteiger partial charge >= 0.3 is 0 Å². The molecule has 0 aliphatic heterocycles. The predicted octanol–water partition coefficient (Wildman–Crippen LogP) is 3.66. The smallest absolute Gasteiger partial charge is 0.0733 e. The van der Waals surface area contributed by atoms with E-state index in [1.165, 1.54) is 10.9 Å². The Balaban J connectivity index is 2.00. The summed E-state index contributed by atoms with van der Waals surface area (Å²) < 4.78 is 0. The summed E-state index contributed by atoms with van der Waals surface area (Å²) in [6.45, 7) is 8.95. The molecule has 1 atom stereocenters. The lowest BCUT2D eigenvalue weighted by Gasteiger charge is -2.15. The second kappa shape index (κ2) is 6.67. The normalized spacial score (nSPS) is 13.1. The summed E-state index contributed by atoms with van der Waals surface area (Å²) >= 11 is 0. The van der Waals surface area contributed by atoms with E-state index in [1.54, 1.807) is 0 Å². The van der Waals surface area contributed by atoms with Gasteiger partial charge in [-0.1, -0.05) is 45.0 Å². The maximum atomic E-state index is 4.52. The Hall–Kier alpha value is -1.41. The van der Waals surface area contributed by atoms with Crippen LogP contribution in [0.5, 0.6) is 0 Å². The van der Waals surface area contributed by atoms with Gasteiger partial charge in [-0.05, 0) is 43.0 Å². The van der Waals surface area contributed by atoms with E-state index in [-0.39, 0.29) is 0 Å². The lowest BCUT2D eigenvalue weighted by Crippen LogP contribution is -2.26. The van der Waals surface area contributed by atoms with E-state index in [0.29, 0.717) is 11.8 Å². The topological polar surface area (TPSA) is 24.9 Å².